The van der Waals surface area contributed by atoms with Crippen LogP contribution in [0.15, 0.2) is 0 Å². The van der Waals surface area contributed by atoms with Crippen molar-refractivity contribution in [3.8, 4) is 0 Å². The Morgan fingerprint density at radius 3 is 2.82 bits per heavy atom. The summed E-state index contributed by atoms with van der Waals surface area (Å²) in [6.07, 6.45) is 8.31. The molecule has 2 rings (SSSR count). The molecule has 0 spiro atoms. The SMILES string of the molecule is CCCCC(C)N1CCCC(NC2CC2)C1=O. The van der Waals surface area contributed by atoms with E-state index in [1.54, 1.807) is 0 Å². The fourth-order valence-corrected chi connectivity index (χ4v) is 2.68. The monoisotopic (exact) mass is 238 g/mol. The zero-order valence-electron chi connectivity index (χ0n) is 11.2. The lowest BCUT2D eigenvalue weighted by Crippen LogP contribution is -2.54. The fraction of sp³-hybridized carbons (Fsp3) is 0.929. The van der Waals surface area contributed by atoms with Gasteiger partial charge in [0.25, 0.3) is 0 Å². The van der Waals surface area contributed by atoms with Crippen molar-refractivity contribution in [2.45, 2.75) is 76.9 Å². The van der Waals surface area contributed by atoms with Crippen LogP contribution in [0.5, 0.6) is 0 Å². The van der Waals surface area contributed by atoms with Gasteiger partial charge in [0.05, 0.1) is 6.04 Å². The average Bonchev–Trinajstić information content (AvgIpc) is 3.13. The maximum Gasteiger partial charge on any atom is 0.239 e. The highest BCUT2D eigenvalue weighted by molar-refractivity contribution is 5.83. The summed E-state index contributed by atoms with van der Waals surface area (Å²) in [5, 5.41) is 3.49. The molecule has 0 aromatic rings. The molecule has 3 heteroatoms. The molecule has 1 saturated carbocycles. The minimum absolute atomic E-state index is 0.111. The molecule has 2 fully saturated rings. The second kappa shape index (κ2) is 5.85. The Morgan fingerprint density at radius 2 is 2.18 bits per heavy atom. The summed E-state index contributed by atoms with van der Waals surface area (Å²) in [6, 6.07) is 1.17. The molecule has 3 nitrogen and oxygen atoms in total. The normalized spacial score (nSPS) is 27.3. The number of hydrogen-bond acceptors (Lipinski definition) is 2. The molecule has 1 heterocycles. The fourth-order valence-electron chi connectivity index (χ4n) is 2.68. The third-order valence-corrected chi connectivity index (χ3v) is 3.99. The first-order valence-corrected chi connectivity index (χ1v) is 7.29. The summed E-state index contributed by atoms with van der Waals surface area (Å²) in [6.45, 7) is 5.38. The van der Waals surface area contributed by atoms with Gasteiger partial charge >= 0.3 is 0 Å². The van der Waals surface area contributed by atoms with E-state index in [2.05, 4.69) is 24.1 Å². The van der Waals surface area contributed by atoms with Crippen LogP contribution in [0, 0.1) is 0 Å². The molecule has 2 aliphatic rings. The Morgan fingerprint density at radius 1 is 1.41 bits per heavy atom. The van der Waals surface area contributed by atoms with E-state index in [0.717, 1.165) is 25.8 Å². The van der Waals surface area contributed by atoms with E-state index in [1.165, 1.54) is 25.7 Å². The van der Waals surface area contributed by atoms with E-state index in [1.807, 2.05) is 0 Å². The van der Waals surface area contributed by atoms with Crippen LogP contribution in [0.2, 0.25) is 0 Å². The molecular formula is C14H26N2O. The van der Waals surface area contributed by atoms with Gasteiger partial charge in [-0.3, -0.25) is 4.79 Å². The predicted molar refractivity (Wildman–Crippen MR) is 69.9 cm³/mol. The minimum Gasteiger partial charge on any atom is -0.339 e. The molecule has 2 unspecified atom stereocenters. The number of piperidine rings is 1. The van der Waals surface area contributed by atoms with Crippen LogP contribution >= 0.6 is 0 Å². The topological polar surface area (TPSA) is 32.3 Å². The number of carbonyl (C=O) groups excluding carboxylic acids is 1. The second-order valence-corrected chi connectivity index (χ2v) is 5.66. The standard InChI is InChI=1S/C14H26N2O/c1-3-4-6-11(2)16-10-5-7-13(14(16)17)15-12-8-9-12/h11-13,15H,3-10H2,1-2H3. The molecule has 0 aromatic heterocycles. The van der Waals surface area contributed by atoms with Gasteiger partial charge in [-0.15, -0.1) is 0 Å². The number of hydrogen-bond donors (Lipinski definition) is 1. The van der Waals surface area contributed by atoms with E-state index >= 15 is 0 Å². The van der Waals surface area contributed by atoms with Crippen LogP contribution in [0.1, 0.15) is 58.8 Å². The summed E-state index contributed by atoms with van der Waals surface area (Å²) in [4.78, 5) is 14.5. The number of nitrogens with one attached hydrogen (secondary N) is 1. The third-order valence-electron chi connectivity index (χ3n) is 3.99. The zero-order valence-corrected chi connectivity index (χ0v) is 11.2. The number of rotatable bonds is 6. The number of amides is 1. The molecule has 1 N–H and O–H groups in total. The Balaban J connectivity index is 1.85. The zero-order chi connectivity index (χ0) is 12.3. The van der Waals surface area contributed by atoms with Crippen molar-refractivity contribution in [1.82, 2.24) is 10.2 Å². The number of nitrogens with zero attached hydrogens (tertiary/aromatic N) is 1. The van der Waals surface area contributed by atoms with Crippen molar-refractivity contribution >= 4 is 5.91 Å². The highest BCUT2D eigenvalue weighted by atomic mass is 16.2. The Kier molecular flexibility index (Phi) is 4.43. The maximum absolute atomic E-state index is 12.4. The van der Waals surface area contributed by atoms with Gasteiger partial charge in [0.2, 0.25) is 5.91 Å². The van der Waals surface area contributed by atoms with Crippen LogP contribution < -0.4 is 5.32 Å². The molecule has 0 radical (unpaired) electrons. The molecule has 2 atom stereocenters. The minimum atomic E-state index is 0.111. The molecule has 0 aromatic carbocycles. The van der Waals surface area contributed by atoms with E-state index in [4.69, 9.17) is 0 Å². The molecule has 17 heavy (non-hydrogen) atoms. The Bertz CT molecular complexity index is 263. The lowest BCUT2D eigenvalue weighted by atomic mass is 10.0. The summed E-state index contributed by atoms with van der Waals surface area (Å²) in [7, 11) is 0. The van der Waals surface area contributed by atoms with Crippen LogP contribution in [-0.2, 0) is 4.79 Å². The highest BCUT2D eigenvalue weighted by Crippen LogP contribution is 2.23. The second-order valence-electron chi connectivity index (χ2n) is 5.66. The molecule has 1 aliphatic heterocycles. The summed E-state index contributed by atoms with van der Waals surface area (Å²) < 4.78 is 0. The van der Waals surface area contributed by atoms with Crippen molar-refractivity contribution in [3.05, 3.63) is 0 Å². The van der Waals surface area contributed by atoms with Gasteiger partial charge in [-0.25, -0.2) is 0 Å². The van der Waals surface area contributed by atoms with Gasteiger partial charge in [0.1, 0.15) is 0 Å². The van der Waals surface area contributed by atoms with Crippen LogP contribution in [0.25, 0.3) is 0 Å². The van der Waals surface area contributed by atoms with E-state index < -0.39 is 0 Å². The lowest BCUT2D eigenvalue weighted by Gasteiger charge is -2.37. The van der Waals surface area contributed by atoms with Gasteiger partial charge in [0.15, 0.2) is 0 Å². The van der Waals surface area contributed by atoms with Gasteiger partial charge < -0.3 is 10.2 Å². The first-order chi connectivity index (χ1) is 8.22. The van der Waals surface area contributed by atoms with Gasteiger partial charge in [-0.05, 0) is 39.0 Å². The van der Waals surface area contributed by atoms with Crippen molar-refractivity contribution in [2.75, 3.05) is 6.54 Å². The van der Waals surface area contributed by atoms with E-state index in [-0.39, 0.29) is 6.04 Å². The first kappa shape index (κ1) is 12.9. The van der Waals surface area contributed by atoms with E-state index in [0.29, 0.717) is 18.0 Å². The van der Waals surface area contributed by atoms with Crippen LogP contribution in [-0.4, -0.2) is 35.5 Å². The van der Waals surface area contributed by atoms with Crippen LogP contribution in [0.4, 0.5) is 0 Å². The first-order valence-electron chi connectivity index (χ1n) is 7.29. The highest BCUT2D eigenvalue weighted by Gasteiger charge is 2.34. The lowest BCUT2D eigenvalue weighted by molar-refractivity contribution is -0.138. The molecule has 0 bridgehead atoms. The summed E-state index contributed by atoms with van der Waals surface area (Å²) >= 11 is 0. The number of likely N-dealkylation sites (tertiary alicyclic amines) is 1. The third kappa shape index (κ3) is 3.44. The van der Waals surface area contributed by atoms with Crippen molar-refractivity contribution in [3.63, 3.8) is 0 Å². The molecule has 1 saturated heterocycles. The van der Waals surface area contributed by atoms with Crippen molar-refractivity contribution in [2.24, 2.45) is 0 Å². The van der Waals surface area contributed by atoms with Crippen molar-refractivity contribution < 1.29 is 4.79 Å². The Hall–Kier alpha value is -0.570. The van der Waals surface area contributed by atoms with E-state index in [9.17, 15) is 4.79 Å². The quantitative estimate of drug-likeness (QED) is 0.770. The summed E-state index contributed by atoms with van der Waals surface area (Å²) in [5.74, 6) is 0.353. The number of carbonyl (C=O) groups is 1. The van der Waals surface area contributed by atoms with Crippen molar-refractivity contribution in [1.29, 1.82) is 0 Å². The smallest absolute Gasteiger partial charge is 0.239 e. The molecule has 1 aliphatic carbocycles. The average molecular weight is 238 g/mol. The number of unbranched alkanes of at least 4 members (excludes halogenated alkanes) is 1. The van der Waals surface area contributed by atoms with Gasteiger partial charge in [0, 0.05) is 18.6 Å². The van der Waals surface area contributed by atoms with Crippen LogP contribution in [0.3, 0.4) is 0 Å². The predicted octanol–water partition coefficient (Wildman–Crippen LogP) is 2.31. The van der Waals surface area contributed by atoms with Gasteiger partial charge in [-0.1, -0.05) is 19.8 Å². The molecular weight excluding hydrogens is 212 g/mol. The maximum atomic E-state index is 12.4. The summed E-state index contributed by atoms with van der Waals surface area (Å²) in [5.41, 5.74) is 0. The molecule has 98 valence electrons. The largest absolute Gasteiger partial charge is 0.339 e. The Labute approximate surface area is 105 Å². The van der Waals surface area contributed by atoms with Gasteiger partial charge in [-0.2, -0.15) is 0 Å². The molecule has 1 amide bonds.